The predicted octanol–water partition coefficient (Wildman–Crippen LogP) is 4.64. The van der Waals surface area contributed by atoms with Crippen LogP contribution >= 0.6 is 23.1 Å². The van der Waals surface area contributed by atoms with Gasteiger partial charge in [-0.3, -0.25) is 14.7 Å². The molecule has 2 heterocycles. The summed E-state index contributed by atoms with van der Waals surface area (Å²) in [5, 5.41) is 21.0. The molecule has 7 nitrogen and oxygen atoms in total. The van der Waals surface area contributed by atoms with E-state index in [0.717, 1.165) is 16.3 Å². The molecule has 0 aliphatic heterocycles. The van der Waals surface area contributed by atoms with Crippen LogP contribution in [-0.4, -0.2) is 36.6 Å². The van der Waals surface area contributed by atoms with Gasteiger partial charge in [-0.05, 0) is 23.6 Å². The standard InChI is InChI=1S/C21H20N6OS2/c1-14(2)15-8-10-17(11-9-15)27-13-22-26-21(27)29-12-18(28)23-20-25-24-19(30-20)16-6-4-3-5-7-16/h3-11,13-14H,12H2,1-2H3,(H,23,25,28). The van der Waals surface area contributed by atoms with E-state index in [1.54, 1.807) is 6.33 Å². The molecule has 4 rings (SSSR count). The molecule has 0 spiro atoms. The molecule has 0 radical (unpaired) electrons. The third kappa shape index (κ3) is 4.74. The number of benzene rings is 2. The first-order valence-corrected chi connectivity index (χ1v) is 11.2. The number of aromatic nitrogens is 5. The molecule has 0 saturated heterocycles. The highest BCUT2D eigenvalue weighted by atomic mass is 32.2. The zero-order valence-electron chi connectivity index (χ0n) is 16.5. The Morgan fingerprint density at radius 3 is 2.57 bits per heavy atom. The van der Waals surface area contributed by atoms with Gasteiger partial charge in [0.05, 0.1) is 5.75 Å². The number of carbonyl (C=O) groups is 1. The molecule has 0 bridgehead atoms. The van der Waals surface area contributed by atoms with Gasteiger partial charge in [-0.1, -0.05) is 79.4 Å². The van der Waals surface area contributed by atoms with Crippen LogP contribution < -0.4 is 5.32 Å². The van der Waals surface area contributed by atoms with Crippen LogP contribution in [0.3, 0.4) is 0 Å². The number of nitrogens with one attached hydrogen (secondary N) is 1. The SMILES string of the molecule is CC(C)c1ccc(-n2cnnc2SCC(=O)Nc2nnc(-c3ccccc3)s2)cc1. The van der Waals surface area contributed by atoms with Crippen LogP contribution in [0.25, 0.3) is 16.3 Å². The van der Waals surface area contributed by atoms with E-state index in [2.05, 4.69) is 51.7 Å². The molecule has 0 fully saturated rings. The summed E-state index contributed by atoms with van der Waals surface area (Å²) in [4.78, 5) is 12.4. The average Bonchev–Trinajstić information content (AvgIpc) is 3.42. The number of anilines is 1. The van der Waals surface area contributed by atoms with E-state index in [0.29, 0.717) is 16.2 Å². The van der Waals surface area contributed by atoms with E-state index in [9.17, 15) is 4.79 Å². The van der Waals surface area contributed by atoms with E-state index in [1.165, 1.54) is 28.7 Å². The molecule has 152 valence electrons. The molecular formula is C21H20N6OS2. The fourth-order valence-electron chi connectivity index (χ4n) is 2.78. The van der Waals surface area contributed by atoms with Crippen LogP contribution in [-0.2, 0) is 4.79 Å². The zero-order chi connectivity index (χ0) is 20.9. The quantitative estimate of drug-likeness (QED) is 0.425. The average molecular weight is 437 g/mol. The fourth-order valence-corrected chi connectivity index (χ4v) is 4.27. The summed E-state index contributed by atoms with van der Waals surface area (Å²) in [6, 6.07) is 18.0. The molecule has 0 atom stereocenters. The number of amides is 1. The molecule has 0 aliphatic rings. The van der Waals surface area contributed by atoms with Crippen LogP contribution in [0.15, 0.2) is 66.1 Å². The van der Waals surface area contributed by atoms with Gasteiger partial charge in [-0.25, -0.2) is 0 Å². The second-order valence-corrected chi connectivity index (χ2v) is 8.77. The van der Waals surface area contributed by atoms with Crippen molar-refractivity contribution in [1.82, 2.24) is 25.0 Å². The van der Waals surface area contributed by atoms with Crippen molar-refractivity contribution in [3.05, 3.63) is 66.5 Å². The normalized spacial score (nSPS) is 11.0. The van der Waals surface area contributed by atoms with Crippen LogP contribution in [0.5, 0.6) is 0 Å². The van der Waals surface area contributed by atoms with E-state index < -0.39 is 0 Å². The van der Waals surface area contributed by atoms with Gasteiger partial charge in [0.1, 0.15) is 11.3 Å². The minimum atomic E-state index is -0.166. The molecular weight excluding hydrogens is 416 g/mol. The Hall–Kier alpha value is -3.04. The van der Waals surface area contributed by atoms with E-state index in [1.807, 2.05) is 47.0 Å². The van der Waals surface area contributed by atoms with Crippen molar-refractivity contribution in [3.63, 3.8) is 0 Å². The van der Waals surface area contributed by atoms with Gasteiger partial charge in [-0.15, -0.1) is 20.4 Å². The first-order chi connectivity index (χ1) is 14.6. The maximum atomic E-state index is 12.4. The number of hydrogen-bond acceptors (Lipinski definition) is 7. The molecule has 2 aromatic heterocycles. The van der Waals surface area contributed by atoms with Crippen molar-refractivity contribution < 1.29 is 4.79 Å². The zero-order valence-corrected chi connectivity index (χ0v) is 18.2. The Labute approximate surface area is 182 Å². The predicted molar refractivity (Wildman–Crippen MR) is 120 cm³/mol. The second kappa shape index (κ2) is 9.19. The Balaban J connectivity index is 1.37. The minimum Gasteiger partial charge on any atom is -0.300 e. The molecule has 0 saturated carbocycles. The van der Waals surface area contributed by atoms with Crippen molar-refractivity contribution in [1.29, 1.82) is 0 Å². The van der Waals surface area contributed by atoms with Gasteiger partial charge >= 0.3 is 0 Å². The maximum absolute atomic E-state index is 12.4. The van der Waals surface area contributed by atoms with Crippen molar-refractivity contribution in [2.45, 2.75) is 24.9 Å². The third-order valence-electron chi connectivity index (χ3n) is 4.38. The molecule has 9 heteroatoms. The monoisotopic (exact) mass is 436 g/mol. The minimum absolute atomic E-state index is 0.166. The molecule has 0 unspecified atom stereocenters. The highest BCUT2D eigenvalue weighted by molar-refractivity contribution is 7.99. The van der Waals surface area contributed by atoms with Crippen LogP contribution in [0.2, 0.25) is 0 Å². The molecule has 1 N–H and O–H groups in total. The van der Waals surface area contributed by atoms with Gasteiger partial charge in [0.2, 0.25) is 11.0 Å². The summed E-state index contributed by atoms with van der Waals surface area (Å²) in [5.74, 6) is 0.504. The summed E-state index contributed by atoms with van der Waals surface area (Å²) in [7, 11) is 0. The van der Waals surface area contributed by atoms with Gasteiger partial charge in [0, 0.05) is 11.3 Å². The van der Waals surface area contributed by atoms with Crippen LogP contribution in [0.4, 0.5) is 5.13 Å². The highest BCUT2D eigenvalue weighted by Gasteiger charge is 2.13. The lowest BCUT2D eigenvalue weighted by Crippen LogP contribution is -2.14. The first kappa shape index (κ1) is 20.2. The van der Waals surface area contributed by atoms with Gasteiger partial charge < -0.3 is 0 Å². The Morgan fingerprint density at radius 1 is 1.07 bits per heavy atom. The Bertz CT molecular complexity index is 1120. The number of thioether (sulfide) groups is 1. The topological polar surface area (TPSA) is 85.6 Å². The highest BCUT2D eigenvalue weighted by Crippen LogP contribution is 2.26. The molecule has 4 aromatic rings. The lowest BCUT2D eigenvalue weighted by atomic mass is 10.0. The van der Waals surface area contributed by atoms with Gasteiger partial charge in [0.25, 0.3) is 0 Å². The summed E-state index contributed by atoms with van der Waals surface area (Å²) in [6.45, 7) is 4.32. The fraction of sp³-hybridized carbons (Fsp3) is 0.190. The number of rotatable bonds is 7. The largest absolute Gasteiger partial charge is 0.300 e. The van der Waals surface area contributed by atoms with Crippen molar-refractivity contribution in [3.8, 4) is 16.3 Å². The molecule has 30 heavy (non-hydrogen) atoms. The van der Waals surface area contributed by atoms with Crippen LogP contribution in [0.1, 0.15) is 25.3 Å². The second-order valence-electron chi connectivity index (χ2n) is 6.84. The number of carbonyl (C=O) groups excluding carboxylic acids is 1. The lowest BCUT2D eigenvalue weighted by molar-refractivity contribution is -0.113. The van der Waals surface area contributed by atoms with Crippen molar-refractivity contribution in [2.75, 3.05) is 11.1 Å². The van der Waals surface area contributed by atoms with Gasteiger partial charge in [-0.2, -0.15) is 0 Å². The molecule has 0 aliphatic carbocycles. The number of nitrogens with zero attached hydrogens (tertiary/aromatic N) is 5. The Kier molecular flexibility index (Phi) is 6.20. The smallest absolute Gasteiger partial charge is 0.236 e. The first-order valence-electron chi connectivity index (χ1n) is 9.42. The van der Waals surface area contributed by atoms with Crippen LogP contribution in [0, 0.1) is 0 Å². The van der Waals surface area contributed by atoms with E-state index in [4.69, 9.17) is 0 Å². The lowest BCUT2D eigenvalue weighted by Gasteiger charge is -2.09. The van der Waals surface area contributed by atoms with E-state index in [-0.39, 0.29) is 11.7 Å². The van der Waals surface area contributed by atoms with Crippen molar-refractivity contribution in [2.24, 2.45) is 0 Å². The summed E-state index contributed by atoms with van der Waals surface area (Å²) >= 11 is 2.67. The maximum Gasteiger partial charge on any atom is 0.236 e. The third-order valence-corrected chi connectivity index (χ3v) is 6.21. The van der Waals surface area contributed by atoms with Gasteiger partial charge in [0.15, 0.2) is 5.16 Å². The molecule has 1 amide bonds. The van der Waals surface area contributed by atoms with Crippen molar-refractivity contribution >= 4 is 34.1 Å². The summed E-state index contributed by atoms with van der Waals surface area (Å²) < 4.78 is 1.88. The van der Waals surface area contributed by atoms with E-state index >= 15 is 0 Å². The summed E-state index contributed by atoms with van der Waals surface area (Å²) in [5.41, 5.74) is 3.21. The summed E-state index contributed by atoms with van der Waals surface area (Å²) in [6.07, 6.45) is 1.65. The Morgan fingerprint density at radius 2 is 1.83 bits per heavy atom. The number of hydrogen-bond donors (Lipinski definition) is 1. The molecule has 2 aromatic carbocycles.